The van der Waals surface area contributed by atoms with Crippen molar-refractivity contribution in [3.63, 3.8) is 0 Å². The molecule has 8 rings (SSSR count). The minimum atomic E-state index is 0.00663. The Morgan fingerprint density at radius 2 is 0.793 bits per heavy atom. The highest BCUT2D eigenvalue weighted by Gasteiger charge is 2.38. The summed E-state index contributed by atoms with van der Waals surface area (Å²) in [6.45, 7) is 11.7. The van der Waals surface area contributed by atoms with Gasteiger partial charge in [-0.05, 0) is 74.5 Å². The lowest BCUT2D eigenvalue weighted by molar-refractivity contribution is 0.0423. The predicted octanol–water partition coefficient (Wildman–Crippen LogP) is 8.48. The van der Waals surface area contributed by atoms with Crippen LogP contribution in [0.15, 0.2) is 97.1 Å². The lowest BCUT2D eigenvalue weighted by Gasteiger charge is -2.46. The van der Waals surface area contributed by atoms with Crippen LogP contribution in [0.5, 0.6) is 0 Å². The maximum Gasteiger partial charge on any atom is 0.253 e. The first kappa shape index (κ1) is 42.9. The molecule has 4 heterocycles. The lowest BCUT2D eigenvalue weighted by Crippen LogP contribution is -2.56. The van der Waals surface area contributed by atoms with Gasteiger partial charge in [-0.1, -0.05) is 107 Å². The van der Waals surface area contributed by atoms with Crippen LogP contribution in [0.25, 0.3) is 0 Å². The fourth-order valence-corrected chi connectivity index (χ4v) is 10.3. The van der Waals surface area contributed by atoms with Crippen LogP contribution < -0.4 is 0 Å². The Labute approximate surface area is 364 Å². The van der Waals surface area contributed by atoms with Crippen molar-refractivity contribution in [1.82, 2.24) is 29.4 Å². The molecule has 4 aromatic rings. The van der Waals surface area contributed by atoms with Crippen LogP contribution in [0.4, 0.5) is 0 Å². The summed E-state index contributed by atoms with van der Waals surface area (Å²) in [5.74, 6) is 0.609. The van der Waals surface area contributed by atoms with E-state index in [9.17, 15) is 9.59 Å². The summed E-state index contributed by atoms with van der Waals surface area (Å²) in [7, 11) is 4.37. The first-order valence-electron chi connectivity index (χ1n) is 20.5. The summed E-state index contributed by atoms with van der Waals surface area (Å²) in [5, 5.41) is 1.97. The summed E-state index contributed by atoms with van der Waals surface area (Å²) in [6, 6.07) is 32.3. The SMILES string of the molecule is CN1CCN(C2CCN(C(=O)c3cc(Cl)cc(Cl)c3)CC2c2ccccc2)CC1.CN1CCN([C@H]2CCN(C(=O)c3cc(Cl)cc(Cl)c3)C[C@H]2c2ccccc2)CC1. The van der Waals surface area contributed by atoms with Crippen molar-refractivity contribution in [2.45, 2.75) is 36.8 Å². The molecular formula is C46H54Cl4N6O2. The zero-order chi connectivity index (χ0) is 40.8. The van der Waals surface area contributed by atoms with Gasteiger partial charge >= 0.3 is 0 Å². The van der Waals surface area contributed by atoms with Crippen molar-refractivity contribution < 1.29 is 9.59 Å². The van der Waals surface area contributed by atoms with E-state index < -0.39 is 0 Å². The van der Waals surface area contributed by atoms with Gasteiger partial charge in [0.25, 0.3) is 11.8 Å². The number of nitrogens with zero attached hydrogens (tertiary/aromatic N) is 6. The molecule has 58 heavy (non-hydrogen) atoms. The van der Waals surface area contributed by atoms with Crippen LogP contribution in [0, 0.1) is 0 Å². The Bertz CT molecular complexity index is 1810. The normalized spacial score (nSPS) is 23.9. The first-order chi connectivity index (χ1) is 28.0. The summed E-state index contributed by atoms with van der Waals surface area (Å²) in [6.07, 6.45) is 1.95. The average Bonchev–Trinajstić information content (AvgIpc) is 3.23. The molecule has 4 aromatic carbocycles. The number of hydrogen-bond acceptors (Lipinski definition) is 6. The number of likely N-dealkylation sites (tertiary alicyclic amines) is 2. The molecule has 0 bridgehead atoms. The summed E-state index contributed by atoms with van der Waals surface area (Å²) in [4.78, 5) is 40.3. The van der Waals surface area contributed by atoms with Crippen molar-refractivity contribution >= 4 is 58.2 Å². The number of piperidine rings is 2. The molecule has 308 valence electrons. The molecule has 4 saturated heterocycles. The maximum absolute atomic E-state index is 13.2. The molecule has 0 saturated carbocycles. The van der Waals surface area contributed by atoms with Gasteiger partial charge in [0.15, 0.2) is 0 Å². The van der Waals surface area contributed by atoms with E-state index in [2.05, 4.69) is 82.2 Å². The molecule has 0 aliphatic carbocycles. The molecule has 4 aliphatic heterocycles. The smallest absolute Gasteiger partial charge is 0.253 e. The van der Waals surface area contributed by atoms with Gasteiger partial charge < -0.3 is 19.6 Å². The van der Waals surface area contributed by atoms with Crippen LogP contribution in [0.2, 0.25) is 20.1 Å². The number of likely N-dealkylation sites (N-methyl/N-ethyl adjacent to an activating group) is 2. The standard InChI is InChI=1S/2C23H27Cl2N3O/c2*1-26-9-11-27(12-10-26)22-7-8-28(16-21(22)17-5-3-2-4-6-17)23(29)18-13-19(24)15-20(25)14-18/h2*2-6,13-15,21-22H,7-12,16H2,1H3/t21-,22-;/m0./s1. The van der Waals surface area contributed by atoms with E-state index >= 15 is 0 Å². The second-order valence-electron chi connectivity index (χ2n) is 16.2. The summed E-state index contributed by atoms with van der Waals surface area (Å²) < 4.78 is 0. The molecular weight excluding hydrogens is 810 g/mol. The second kappa shape index (κ2) is 19.9. The van der Waals surface area contributed by atoms with Gasteiger partial charge in [0.2, 0.25) is 0 Å². The quantitative estimate of drug-likeness (QED) is 0.194. The third-order valence-corrected chi connectivity index (χ3v) is 13.3. The Kier molecular flexibility index (Phi) is 14.7. The zero-order valence-electron chi connectivity index (χ0n) is 33.5. The zero-order valence-corrected chi connectivity index (χ0v) is 36.5. The van der Waals surface area contributed by atoms with Gasteiger partial charge in [-0.25, -0.2) is 0 Å². The number of amides is 2. The van der Waals surface area contributed by atoms with Crippen molar-refractivity contribution in [3.8, 4) is 0 Å². The van der Waals surface area contributed by atoms with Crippen molar-refractivity contribution in [1.29, 1.82) is 0 Å². The van der Waals surface area contributed by atoms with Gasteiger partial charge in [-0.3, -0.25) is 19.4 Å². The van der Waals surface area contributed by atoms with Gasteiger partial charge in [0.05, 0.1) is 0 Å². The third kappa shape index (κ3) is 10.8. The molecule has 0 radical (unpaired) electrons. The van der Waals surface area contributed by atoms with E-state index in [0.717, 1.165) is 78.3 Å². The number of carbonyl (C=O) groups is 2. The molecule has 0 aromatic heterocycles. The Morgan fingerprint density at radius 1 is 0.466 bits per heavy atom. The molecule has 12 heteroatoms. The number of hydrogen-bond donors (Lipinski definition) is 0. The van der Waals surface area contributed by atoms with Crippen LogP contribution >= 0.6 is 46.4 Å². The van der Waals surface area contributed by atoms with Gasteiger partial charge in [-0.2, -0.15) is 0 Å². The second-order valence-corrected chi connectivity index (χ2v) is 18.0. The molecule has 0 N–H and O–H groups in total. The highest BCUT2D eigenvalue weighted by atomic mass is 35.5. The van der Waals surface area contributed by atoms with E-state index in [-0.39, 0.29) is 11.8 Å². The van der Waals surface area contributed by atoms with Crippen LogP contribution in [0.1, 0.15) is 56.5 Å². The highest BCUT2D eigenvalue weighted by Crippen LogP contribution is 2.35. The van der Waals surface area contributed by atoms with Gasteiger partial charge in [-0.15, -0.1) is 0 Å². The fraction of sp³-hybridized carbons (Fsp3) is 0.435. The molecule has 2 unspecified atom stereocenters. The molecule has 4 atom stereocenters. The number of carbonyl (C=O) groups excluding carboxylic acids is 2. The Morgan fingerprint density at radius 3 is 1.12 bits per heavy atom. The third-order valence-electron chi connectivity index (χ3n) is 12.4. The van der Waals surface area contributed by atoms with Gasteiger partial charge in [0, 0.05) is 134 Å². The Balaban J connectivity index is 0.000000177. The first-order valence-corrected chi connectivity index (χ1v) is 22.0. The fourth-order valence-electron chi connectivity index (χ4n) is 9.20. The van der Waals surface area contributed by atoms with E-state index in [1.165, 1.54) is 11.1 Å². The van der Waals surface area contributed by atoms with Crippen LogP contribution in [-0.2, 0) is 0 Å². The predicted molar refractivity (Wildman–Crippen MR) is 238 cm³/mol. The van der Waals surface area contributed by atoms with E-state index in [4.69, 9.17) is 46.4 Å². The van der Waals surface area contributed by atoms with E-state index in [1.807, 2.05) is 21.9 Å². The topological polar surface area (TPSA) is 53.6 Å². The molecule has 4 fully saturated rings. The highest BCUT2D eigenvalue weighted by molar-refractivity contribution is 6.35. The minimum Gasteiger partial charge on any atom is -0.338 e. The van der Waals surface area contributed by atoms with E-state index in [0.29, 0.717) is 68.2 Å². The molecule has 2 amide bonds. The van der Waals surface area contributed by atoms with Crippen molar-refractivity contribution in [2.24, 2.45) is 0 Å². The minimum absolute atomic E-state index is 0.00663. The number of rotatable bonds is 6. The van der Waals surface area contributed by atoms with Crippen molar-refractivity contribution in [3.05, 3.63) is 139 Å². The number of piperazine rings is 2. The monoisotopic (exact) mass is 862 g/mol. The Hall–Kier alpha value is -3.18. The summed E-state index contributed by atoms with van der Waals surface area (Å²) >= 11 is 24.5. The number of halogens is 4. The molecule has 0 spiro atoms. The average molecular weight is 865 g/mol. The summed E-state index contributed by atoms with van der Waals surface area (Å²) in [5.41, 5.74) is 3.73. The molecule has 4 aliphatic rings. The van der Waals surface area contributed by atoms with Crippen LogP contribution in [-0.4, -0.2) is 146 Å². The molecule has 8 nitrogen and oxygen atoms in total. The van der Waals surface area contributed by atoms with E-state index in [1.54, 1.807) is 36.4 Å². The van der Waals surface area contributed by atoms with Gasteiger partial charge in [0.1, 0.15) is 0 Å². The number of benzene rings is 4. The van der Waals surface area contributed by atoms with Crippen molar-refractivity contribution in [2.75, 3.05) is 92.6 Å². The maximum atomic E-state index is 13.2. The lowest BCUT2D eigenvalue weighted by atomic mass is 9.84. The van der Waals surface area contributed by atoms with Crippen LogP contribution in [0.3, 0.4) is 0 Å². The largest absolute Gasteiger partial charge is 0.338 e.